The normalized spacial score (nSPS) is 10.3. The number of benzene rings is 1. The molecule has 0 amide bonds. The predicted octanol–water partition coefficient (Wildman–Crippen LogP) is 2.22. The average molecular weight is 205 g/mol. The first kappa shape index (κ1) is 11.3. The smallest absolute Gasteiger partial charge is 0.202 e. The van der Waals surface area contributed by atoms with Gasteiger partial charge in [-0.1, -0.05) is 24.3 Å². The fourth-order valence-corrected chi connectivity index (χ4v) is 1.28. The zero-order valence-corrected chi connectivity index (χ0v) is 8.82. The van der Waals surface area contributed by atoms with E-state index in [9.17, 15) is 4.79 Å². The molecular weight excluding hydrogens is 192 g/mol. The molecule has 0 aliphatic rings. The summed E-state index contributed by atoms with van der Waals surface area (Å²) in [6.07, 6.45) is 5.61. The van der Waals surface area contributed by atoms with Crippen LogP contribution in [0.2, 0.25) is 0 Å². The molecule has 0 spiro atoms. The van der Waals surface area contributed by atoms with Crippen LogP contribution in [0.15, 0.2) is 24.3 Å². The molecule has 0 aliphatic carbocycles. The Kier molecular flexibility index (Phi) is 4.41. The van der Waals surface area contributed by atoms with Gasteiger partial charge in [-0.3, -0.25) is 4.79 Å². The third-order valence-corrected chi connectivity index (χ3v) is 1.93. The fourth-order valence-electron chi connectivity index (χ4n) is 1.28. The van der Waals surface area contributed by atoms with Gasteiger partial charge < -0.3 is 9.47 Å². The van der Waals surface area contributed by atoms with Crippen molar-refractivity contribution < 1.29 is 14.3 Å². The molecule has 3 heteroatoms. The van der Waals surface area contributed by atoms with Gasteiger partial charge in [0.05, 0.1) is 14.2 Å². The highest BCUT2D eigenvalue weighted by Gasteiger charge is 2.05. The SMILES string of the molecule is COc1cccc(/C=C/C[C]=O)c1OC. The van der Waals surface area contributed by atoms with Crippen molar-refractivity contribution in [2.75, 3.05) is 14.2 Å². The fraction of sp³-hybridized carbons (Fsp3) is 0.250. The molecule has 0 fully saturated rings. The Morgan fingerprint density at radius 3 is 2.73 bits per heavy atom. The Bertz CT molecular complexity index is 356. The van der Waals surface area contributed by atoms with Gasteiger partial charge in [0.2, 0.25) is 6.29 Å². The van der Waals surface area contributed by atoms with Crippen LogP contribution in [0.25, 0.3) is 6.08 Å². The monoisotopic (exact) mass is 205 g/mol. The van der Waals surface area contributed by atoms with Gasteiger partial charge in [-0.25, -0.2) is 0 Å². The van der Waals surface area contributed by atoms with Crippen LogP contribution in [0.4, 0.5) is 0 Å². The molecule has 0 atom stereocenters. The van der Waals surface area contributed by atoms with E-state index in [1.807, 2.05) is 24.3 Å². The number of para-hydroxylation sites is 1. The van der Waals surface area contributed by atoms with E-state index >= 15 is 0 Å². The summed E-state index contributed by atoms with van der Waals surface area (Å²) in [5.41, 5.74) is 0.882. The summed E-state index contributed by atoms with van der Waals surface area (Å²) in [5.74, 6) is 1.34. The second-order valence-corrected chi connectivity index (χ2v) is 2.83. The molecule has 1 aromatic carbocycles. The molecule has 0 heterocycles. The molecule has 0 unspecified atom stereocenters. The number of methoxy groups -OCH3 is 2. The highest BCUT2D eigenvalue weighted by molar-refractivity contribution is 5.64. The number of carbonyl (C=O) groups excluding carboxylic acids is 1. The van der Waals surface area contributed by atoms with Crippen LogP contribution in [-0.4, -0.2) is 20.5 Å². The van der Waals surface area contributed by atoms with Gasteiger partial charge in [0.25, 0.3) is 0 Å². The zero-order chi connectivity index (χ0) is 11.1. The third kappa shape index (κ3) is 2.84. The van der Waals surface area contributed by atoms with E-state index in [4.69, 9.17) is 9.47 Å². The van der Waals surface area contributed by atoms with Gasteiger partial charge >= 0.3 is 0 Å². The van der Waals surface area contributed by atoms with Gasteiger partial charge in [0.1, 0.15) is 0 Å². The lowest BCUT2D eigenvalue weighted by Crippen LogP contribution is -1.92. The predicted molar refractivity (Wildman–Crippen MR) is 58.9 cm³/mol. The van der Waals surface area contributed by atoms with Crippen LogP contribution in [0.3, 0.4) is 0 Å². The van der Waals surface area contributed by atoms with Crippen molar-refractivity contribution in [1.82, 2.24) is 0 Å². The highest BCUT2D eigenvalue weighted by atomic mass is 16.5. The van der Waals surface area contributed by atoms with E-state index in [0.29, 0.717) is 11.5 Å². The standard InChI is InChI=1S/C12H13O3/c1-14-11-8-5-7-10(12(11)15-2)6-3-4-9-13/h3,5-8H,4H2,1-2H3/b6-3+. The van der Waals surface area contributed by atoms with E-state index in [2.05, 4.69) is 0 Å². The lowest BCUT2D eigenvalue weighted by molar-refractivity contribution is 0.354. The van der Waals surface area contributed by atoms with E-state index < -0.39 is 0 Å². The number of allylic oxidation sites excluding steroid dienone is 1. The average Bonchev–Trinajstić information content (AvgIpc) is 2.29. The molecule has 0 saturated carbocycles. The molecule has 15 heavy (non-hydrogen) atoms. The largest absolute Gasteiger partial charge is 0.493 e. The van der Waals surface area contributed by atoms with Crippen molar-refractivity contribution in [2.24, 2.45) is 0 Å². The van der Waals surface area contributed by atoms with Crippen LogP contribution < -0.4 is 9.47 Å². The summed E-state index contributed by atoms with van der Waals surface area (Å²) in [5, 5.41) is 0. The zero-order valence-electron chi connectivity index (χ0n) is 8.82. The van der Waals surface area contributed by atoms with E-state index in [-0.39, 0.29) is 6.42 Å². The first-order chi connectivity index (χ1) is 7.33. The molecule has 0 saturated heterocycles. The minimum absolute atomic E-state index is 0.278. The van der Waals surface area contributed by atoms with E-state index in [1.165, 1.54) is 0 Å². The molecule has 1 radical (unpaired) electrons. The van der Waals surface area contributed by atoms with Crippen molar-refractivity contribution in [3.63, 3.8) is 0 Å². The first-order valence-electron chi connectivity index (χ1n) is 4.56. The molecule has 1 rings (SSSR count). The first-order valence-corrected chi connectivity index (χ1v) is 4.56. The van der Waals surface area contributed by atoms with Gasteiger partial charge in [0.15, 0.2) is 11.5 Å². The van der Waals surface area contributed by atoms with Crippen molar-refractivity contribution in [3.8, 4) is 11.5 Å². The van der Waals surface area contributed by atoms with Gasteiger partial charge in [0, 0.05) is 12.0 Å². The maximum absolute atomic E-state index is 10.0. The number of ether oxygens (including phenoxy) is 2. The third-order valence-electron chi connectivity index (χ3n) is 1.93. The molecule has 0 N–H and O–H groups in total. The maximum atomic E-state index is 10.0. The summed E-state index contributed by atoms with van der Waals surface area (Å²) in [6, 6.07) is 5.58. The van der Waals surface area contributed by atoms with Crippen molar-refractivity contribution in [1.29, 1.82) is 0 Å². The van der Waals surface area contributed by atoms with Crippen LogP contribution in [0.1, 0.15) is 12.0 Å². The number of hydrogen-bond donors (Lipinski definition) is 0. The lowest BCUT2D eigenvalue weighted by Gasteiger charge is -2.09. The quantitative estimate of drug-likeness (QED) is 0.739. The van der Waals surface area contributed by atoms with Crippen molar-refractivity contribution >= 4 is 12.4 Å². The second-order valence-electron chi connectivity index (χ2n) is 2.83. The molecule has 0 aromatic heterocycles. The minimum Gasteiger partial charge on any atom is -0.493 e. The van der Waals surface area contributed by atoms with Crippen LogP contribution in [0, 0.1) is 0 Å². The molecule has 1 aromatic rings. The Balaban J connectivity index is 3.00. The Hall–Kier alpha value is -1.77. The molecule has 3 nitrogen and oxygen atoms in total. The number of hydrogen-bond acceptors (Lipinski definition) is 3. The maximum Gasteiger partial charge on any atom is 0.202 e. The molecule has 0 bridgehead atoms. The van der Waals surface area contributed by atoms with Crippen LogP contribution in [0.5, 0.6) is 11.5 Å². The summed E-state index contributed by atoms with van der Waals surface area (Å²) in [4.78, 5) is 10.0. The molecule has 79 valence electrons. The minimum atomic E-state index is 0.278. The van der Waals surface area contributed by atoms with Crippen molar-refractivity contribution in [2.45, 2.75) is 6.42 Å². The Morgan fingerprint density at radius 2 is 2.13 bits per heavy atom. The highest BCUT2D eigenvalue weighted by Crippen LogP contribution is 2.31. The Labute approximate surface area is 89.3 Å². The topological polar surface area (TPSA) is 35.5 Å². The van der Waals surface area contributed by atoms with Crippen LogP contribution >= 0.6 is 0 Å². The molecular formula is C12H13O3. The van der Waals surface area contributed by atoms with Gasteiger partial charge in [-0.05, 0) is 6.07 Å². The summed E-state index contributed by atoms with van der Waals surface area (Å²) in [6.45, 7) is 0. The summed E-state index contributed by atoms with van der Waals surface area (Å²) >= 11 is 0. The van der Waals surface area contributed by atoms with E-state index in [0.717, 1.165) is 5.56 Å². The Morgan fingerprint density at radius 1 is 1.33 bits per heavy atom. The number of rotatable bonds is 5. The lowest BCUT2D eigenvalue weighted by atomic mass is 10.1. The second kappa shape index (κ2) is 5.86. The van der Waals surface area contributed by atoms with Gasteiger partial charge in [-0.15, -0.1) is 0 Å². The summed E-state index contributed by atoms with van der Waals surface area (Å²) < 4.78 is 10.4. The van der Waals surface area contributed by atoms with Crippen LogP contribution in [-0.2, 0) is 4.79 Å². The van der Waals surface area contributed by atoms with Crippen molar-refractivity contribution in [3.05, 3.63) is 29.8 Å². The van der Waals surface area contributed by atoms with E-state index in [1.54, 1.807) is 26.6 Å². The van der Waals surface area contributed by atoms with Gasteiger partial charge in [-0.2, -0.15) is 0 Å². The summed E-state index contributed by atoms with van der Waals surface area (Å²) in [7, 11) is 3.17. The molecule has 0 aliphatic heterocycles.